The van der Waals surface area contributed by atoms with Crippen molar-refractivity contribution in [2.45, 2.75) is 51.5 Å². The number of nitrogens with one attached hydrogen (secondary N) is 1. The lowest BCUT2D eigenvalue weighted by Crippen LogP contribution is -2.30. The van der Waals surface area contributed by atoms with E-state index in [2.05, 4.69) is 17.2 Å². The van der Waals surface area contributed by atoms with Crippen LogP contribution in [0, 0.1) is 27.4 Å². The lowest BCUT2D eigenvalue weighted by Gasteiger charge is -2.30. The van der Waals surface area contributed by atoms with Gasteiger partial charge in [0.25, 0.3) is 0 Å². The Hall–Kier alpha value is -2.16. The molecule has 1 heterocycles. The maximum Gasteiger partial charge on any atom is 0.312 e. The van der Waals surface area contributed by atoms with E-state index in [9.17, 15) is 10.1 Å². The van der Waals surface area contributed by atoms with Gasteiger partial charge in [-0.05, 0) is 25.2 Å². The van der Waals surface area contributed by atoms with E-state index in [1.165, 1.54) is 31.5 Å². The fourth-order valence-electron chi connectivity index (χ4n) is 3.03. The zero-order valence-corrected chi connectivity index (χ0v) is 12.2. The molecule has 6 heteroatoms. The fraction of sp³-hybridized carbons (Fsp3) is 0.600. The summed E-state index contributed by atoms with van der Waals surface area (Å²) < 4.78 is 0. The Labute approximate surface area is 124 Å². The highest BCUT2D eigenvalue weighted by molar-refractivity contribution is 5.58. The van der Waals surface area contributed by atoms with E-state index in [4.69, 9.17) is 5.26 Å². The molecule has 112 valence electrons. The largest absolute Gasteiger partial charge is 0.361 e. The predicted octanol–water partition coefficient (Wildman–Crippen LogP) is 3.63. The Morgan fingerprint density at radius 1 is 1.52 bits per heavy atom. The fourth-order valence-corrected chi connectivity index (χ4v) is 3.03. The molecule has 1 aliphatic carbocycles. The van der Waals surface area contributed by atoms with Gasteiger partial charge in [0.1, 0.15) is 6.07 Å². The lowest BCUT2D eigenvalue weighted by molar-refractivity contribution is -0.384. The summed E-state index contributed by atoms with van der Waals surface area (Å²) in [6.45, 7) is 2.09. The Bertz CT molecular complexity index is 547. The molecule has 1 N–H and O–H groups in total. The lowest BCUT2D eigenvalue weighted by atomic mass is 9.83. The molecular formula is C15H20N4O2. The SMILES string of the molecule is CCC(Nc1ncc(C#N)cc1[N+](=O)[O-])C1CCCCC1. The van der Waals surface area contributed by atoms with Crippen LogP contribution in [0.3, 0.4) is 0 Å². The number of hydrogen-bond acceptors (Lipinski definition) is 5. The molecule has 1 aliphatic rings. The summed E-state index contributed by atoms with van der Waals surface area (Å²) in [7, 11) is 0. The Morgan fingerprint density at radius 3 is 2.81 bits per heavy atom. The van der Waals surface area contributed by atoms with Crippen molar-refractivity contribution >= 4 is 11.5 Å². The van der Waals surface area contributed by atoms with Gasteiger partial charge in [0.2, 0.25) is 5.82 Å². The molecule has 0 aliphatic heterocycles. The summed E-state index contributed by atoms with van der Waals surface area (Å²) in [5, 5.41) is 23.2. The van der Waals surface area contributed by atoms with Crippen LogP contribution in [-0.4, -0.2) is 15.9 Å². The van der Waals surface area contributed by atoms with Gasteiger partial charge < -0.3 is 5.32 Å². The van der Waals surface area contributed by atoms with Crippen molar-refractivity contribution in [2.75, 3.05) is 5.32 Å². The normalized spacial score (nSPS) is 17.0. The van der Waals surface area contributed by atoms with Crippen molar-refractivity contribution in [1.29, 1.82) is 5.26 Å². The van der Waals surface area contributed by atoms with Gasteiger partial charge in [-0.15, -0.1) is 0 Å². The minimum atomic E-state index is -0.482. The van der Waals surface area contributed by atoms with Gasteiger partial charge in [0.15, 0.2) is 0 Å². The van der Waals surface area contributed by atoms with Gasteiger partial charge in [-0.3, -0.25) is 10.1 Å². The molecule has 21 heavy (non-hydrogen) atoms. The van der Waals surface area contributed by atoms with Crippen LogP contribution in [0.15, 0.2) is 12.3 Å². The number of hydrogen-bond donors (Lipinski definition) is 1. The quantitative estimate of drug-likeness (QED) is 0.659. The molecule has 1 aromatic heterocycles. The molecule has 0 radical (unpaired) electrons. The highest BCUT2D eigenvalue weighted by Crippen LogP contribution is 2.31. The topological polar surface area (TPSA) is 91.8 Å². The number of anilines is 1. The van der Waals surface area contributed by atoms with E-state index in [0.717, 1.165) is 19.3 Å². The Balaban J connectivity index is 2.20. The summed E-state index contributed by atoms with van der Waals surface area (Å²) in [5.41, 5.74) is 0.0845. The van der Waals surface area contributed by atoms with Gasteiger partial charge >= 0.3 is 5.69 Å². The minimum absolute atomic E-state index is 0.122. The van der Waals surface area contributed by atoms with E-state index in [-0.39, 0.29) is 23.1 Å². The number of nitriles is 1. The molecule has 1 fully saturated rings. The third-order valence-electron chi connectivity index (χ3n) is 4.17. The number of nitrogens with zero attached hydrogens (tertiary/aromatic N) is 3. The summed E-state index contributed by atoms with van der Waals surface area (Å²) in [6.07, 6.45) is 8.34. The van der Waals surface area contributed by atoms with E-state index >= 15 is 0 Å². The van der Waals surface area contributed by atoms with Crippen molar-refractivity contribution in [3.63, 3.8) is 0 Å². The highest BCUT2D eigenvalue weighted by Gasteiger charge is 2.25. The maximum absolute atomic E-state index is 11.2. The number of rotatable bonds is 5. The molecule has 2 rings (SSSR count). The first-order valence-electron chi connectivity index (χ1n) is 7.46. The van der Waals surface area contributed by atoms with Crippen molar-refractivity contribution < 1.29 is 4.92 Å². The molecule has 0 saturated heterocycles. The summed E-state index contributed by atoms with van der Waals surface area (Å²) in [6, 6.07) is 3.36. The molecule has 0 amide bonds. The van der Waals surface area contributed by atoms with Gasteiger partial charge in [0.05, 0.1) is 10.5 Å². The van der Waals surface area contributed by atoms with Gasteiger partial charge in [-0.25, -0.2) is 4.98 Å². The second-order valence-electron chi connectivity index (χ2n) is 5.52. The first-order chi connectivity index (χ1) is 10.2. The first-order valence-corrected chi connectivity index (χ1v) is 7.46. The molecule has 0 bridgehead atoms. The molecule has 1 aromatic rings. The molecule has 0 spiro atoms. The third-order valence-corrected chi connectivity index (χ3v) is 4.17. The van der Waals surface area contributed by atoms with Crippen molar-refractivity contribution in [2.24, 2.45) is 5.92 Å². The van der Waals surface area contributed by atoms with Crippen molar-refractivity contribution in [3.8, 4) is 6.07 Å². The molecule has 6 nitrogen and oxygen atoms in total. The number of nitro groups is 1. The van der Waals surface area contributed by atoms with Gasteiger partial charge in [0, 0.05) is 18.3 Å². The molecule has 1 unspecified atom stereocenters. The van der Waals surface area contributed by atoms with Crippen LogP contribution in [0.4, 0.5) is 11.5 Å². The van der Waals surface area contributed by atoms with Crippen LogP contribution in [0.1, 0.15) is 51.0 Å². The standard InChI is InChI=1S/C15H20N4O2/c1-2-13(12-6-4-3-5-7-12)18-15-14(19(20)21)8-11(9-16)10-17-15/h8,10,12-13H,2-7H2,1H3,(H,17,18). The van der Waals surface area contributed by atoms with E-state index in [1.807, 2.05) is 6.07 Å². The highest BCUT2D eigenvalue weighted by atomic mass is 16.6. The van der Waals surface area contributed by atoms with E-state index in [1.54, 1.807) is 0 Å². The van der Waals surface area contributed by atoms with Crippen LogP contribution in [0.25, 0.3) is 0 Å². The molecule has 0 aromatic carbocycles. The van der Waals surface area contributed by atoms with E-state index < -0.39 is 4.92 Å². The zero-order chi connectivity index (χ0) is 15.2. The van der Waals surface area contributed by atoms with Gasteiger partial charge in [-0.1, -0.05) is 26.2 Å². The Morgan fingerprint density at radius 2 is 2.24 bits per heavy atom. The summed E-state index contributed by atoms with van der Waals surface area (Å²) >= 11 is 0. The zero-order valence-electron chi connectivity index (χ0n) is 12.2. The number of pyridine rings is 1. The summed E-state index contributed by atoms with van der Waals surface area (Å²) in [5.74, 6) is 0.817. The van der Waals surface area contributed by atoms with Crippen molar-refractivity contribution in [1.82, 2.24) is 4.98 Å². The molecule has 1 saturated carbocycles. The first kappa shape index (κ1) is 15.2. The monoisotopic (exact) mass is 288 g/mol. The average Bonchev–Trinajstić information content (AvgIpc) is 2.53. The molecular weight excluding hydrogens is 268 g/mol. The van der Waals surface area contributed by atoms with Crippen LogP contribution in [0.2, 0.25) is 0 Å². The van der Waals surface area contributed by atoms with Gasteiger partial charge in [-0.2, -0.15) is 5.26 Å². The average molecular weight is 288 g/mol. The Kier molecular flexibility index (Phi) is 5.09. The smallest absolute Gasteiger partial charge is 0.312 e. The third kappa shape index (κ3) is 3.69. The van der Waals surface area contributed by atoms with Crippen LogP contribution < -0.4 is 5.32 Å². The predicted molar refractivity (Wildman–Crippen MR) is 79.9 cm³/mol. The maximum atomic E-state index is 11.2. The minimum Gasteiger partial charge on any atom is -0.361 e. The second kappa shape index (κ2) is 7.02. The number of aromatic nitrogens is 1. The van der Waals surface area contributed by atoms with Crippen LogP contribution in [0.5, 0.6) is 0 Å². The van der Waals surface area contributed by atoms with Crippen molar-refractivity contribution in [3.05, 3.63) is 27.9 Å². The second-order valence-corrected chi connectivity index (χ2v) is 5.52. The van der Waals surface area contributed by atoms with E-state index in [0.29, 0.717) is 5.92 Å². The molecule has 1 atom stereocenters. The van der Waals surface area contributed by atoms with Crippen LogP contribution in [-0.2, 0) is 0 Å². The van der Waals surface area contributed by atoms with Crippen LogP contribution >= 0.6 is 0 Å². The summed E-state index contributed by atoms with van der Waals surface area (Å²) in [4.78, 5) is 14.7.